The number of likely N-dealkylation sites (N-methyl/N-ethyl adjacent to an activating group) is 1. The van der Waals surface area contributed by atoms with Crippen LogP contribution in [0.25, 0.3) is 0 Å². The fourth-order valence-electron chi connectivity index (χ4n) is 8.11. The number of carbonyl (C=O) groups is 8. The highest BCUT2D eigenvalue weighted by molar-refractivity contribution is 6.43. The topological polar surface area (TPSA) is 375 Å². The molecule has 1 aromatic rings. The fourth-order valence-corrected chi connectivity index (χ4v) is 8.11. The average molecular weight is 990 g/mol. The highest BCUT2D eigenvalue weighted by Gasteiger charge is 2.41. The Morgan fingerprint density at radius 2 is 1.31 bits per heavy atom. The smallest absolute Gasteiger partial charge is 0.475 e. The molecule has 3 atom stereocenters. The molecule has 6 amide bonds. The van der Waals surface area contributed by atoms with E-state index in [4.69, 9.17) is 17.2 Å². The highest BCUT2D eigenvalue weighted by atomic mass is 16.4. The summed E-state index contributed by atoms with van der Waals surface area (Å²) in [5.74, 6) is -5.90. The summed E-state index contributed by atoms with van der Waals surface area (Å²) in [7, 11) is 1.41. The number of aliphatic hydroxyl groups is 1. The van der Waals surface area contributed by atoms with Crippen LogP contribution in [0.1, 0.15) is 54.4 Å². The van der Waals surface area contributed by atoms with Crippen LogP contribution in [0.2, 0.25) is 0 Å². The Morgan fingerprint density at radius 1 is 0.771 bits per heavy atom. The van der Waals surface area contributed by atoms with E-state index < -0.39 is 67.3 Å². The van der Waals surface area contributed by atoms with Crippen LogP contribution < -0.4 is 27.8 Å². The molecule has 0 spiro atoms. The number of aliphatic hydroxyl groups excluding tert-OH is 1. The lowest BCUT2D eigenvalue weighted by molar-refractivity contribution is -0.139. The molecule has 70 heavy (non-hydrogen) atoms. The van der Waals surface area contributed by atoms with E-state index in [2.05, 4.69) is 15.6 Å². The molecule has 390 valence electrons. The third kappa shape index (κ3) is 21.8. The molecule has 2 aliphatic heterocycles. The van der Waals surface area contributed by atoms with Gasteiger partial charge in [0.15, 0.2) is 5.96 Å². The maximum Gasteiger partial charge on any atom is 0.475 e. The number of amides is 6. The minimum atomic E-state index is -1.82. The molecular formula is C43H72BN13O13. The van der Waals surface area contributed by atoms with Crippen LogP contribution in [0.4, 0.5) is 0 Å². The lowest BCUT2D eigenvalue weighted by Crippen LogP contribution is -2.52. The van der Waals surface area contributed by atoms with Gasteiger partial charge in [-0.15, -0.1) is 0 Å². The highest BCUT2D eigenvalue weighted by Crippen LogP contribution is 2.19. The van der Waals surface area contributed by atoms with Gasteiger partial charge in [-0.05, 0) is 49.8 Å². The zero-order valence-corrected chi connectivity index (χ0v) is 40.2. The summed E-state index contributed by atoms with van der Waals surface area (Å²) in [4.78, 5) is 116. The van der Waals surface area contributed by atoms with Crippen LogP contribution in [0.15, 0.2) is 29.3 Å². The van der Waals surface area contributed by atoms with Gasteiger partial charge in [0.25, 0.3) is 5.91 Å². The molecule has 26 nitrogen and oxygen atoms in total. The summed E-state index contributed by atoms with van der Waals surface area (Å²) in [5.41, 5.74) is 17.4. The van der Waals surface area contributed by atoms with Crippen molar-refractivity contribution in [3.05, 3.63) is 35.4 Å². The van der Waals surface area contributed by atoms with Crippen molar-refractivity contribution in [3.8, 4) is 0 Å². The van der Waals surface area contributed by atoms with Crippen molar-refractivity contribution in [1.29, 1.82) is 0 Å². The van der Waals surface area contributed by atoms with Crippen molar-refractivity contribution < 1.29 is 63.7 Å². The molecule has 27 heteroatoms. The lowest BCUT2D eigenvalue weighted by Gasteiger charge is -2.33. The van der Waals surface area contributed by atoms with Crippen molar-refractivity contribution >= 4 is 60.5 Å². The summed E-state index contributed by atoms with van der Waals surface area (Å²) in [6.07, 6.45) is 0.768. The maximum absolute atomic E-state index is 13.8. The molecule has 0 saturated carbocycles. The van der Waals surface area contributed by atoms with Crippen molar-refractivity contribution in [2.75, 3.05) is 119 Å². The normalized spacial score (nSPS) is 18.1. The zero-order chi connectivity index (χ0) is 51.9. The number of nitrogens with two attached hydrogens (primary N) is 3. The molecule has 1 aromatic carbocycles. The third-order valence-corrected chi connectivity index (χ3v) is 11.9. The van der Waals surface area contributed by atoms with Gasteiger partial charge in [-0.25, -0.2) is 0 Å². The van der Waals surface area contributed by atoms with Gasteiger partial charge in [0, 0.05) is 105 Å². The minimum absolute atomic E-state index is 0.0117. The number of β-amino-alcohol motifs (C(OH)–C–C–N with tert-alkyl or cyclic N) is 1. The number of rotatable bonds is 25. The van der Waals surface area contributed by atoms with Crippen LogP contribution in [0.5, 0.6) is 0 Å². The predicted molar refractivity (Wildman–Crippen MR) is 255 cm³/mol. The van der Waals surface area contributed by atoms with Crippen LogP contribution >= 0.6 is 0 Å². The number of hydrogen-bond donors (Lipinski definition) is 10. The Hall–Kier alpha value is -5.97. The van der Waals surface area contributed by atoms with Gasteiger partial charge in [0.05, 0.1) is 44.8 Å². The van der Waals surface area contributed by atoms with E-state index in [0.29, 0.717) is 32.4 Å². The third-order valence-electron chi connectivity index (χ3n) is 11.9. The second kappa shape index (κ2) is 29.9. The predicted octanol–water partition coefficient (Wildman–Crippen LogP) is -5.61. The van der Waals surface area contributed by atoms with E-state index in [1.807, 2.05) is 0 Å². The number of likely N-dealkylation sites (tertiary alicyclic amines) is 1. The number of benzene rings is 1. The Balaban J connectivity index is 1.55. The van der Waals surface area contributed by atoms with Gasteiger partial charge in [-0.3, -0.25) is 62.9 Å². The molecular weight excluding hydrogens is 917 g/mol. The maximum atomic E-state index is 13.8. The molecule has 2 saturated heterocycles. The van der Waals surface area contributed by atoms with Crippen molar-refractivity contribution in [2.45, 2.75) is 63.2 Å². The molecule has 2 heterocycles. The SMILES string of the molecule is CN(Cc1ccc(C(=O)NCC(=O)N2CC(O)CC2B(O)O)cc1)C(=O)CCCCN(C)C(=O)[C@H](CCCN=C(N)N)NC(=O)CN1CCN(CC(=O)O)CCN(CC(N)=O)CCN(CC(=O)O)CC1. The van der Waals surface area contributed by atoms with Crippen LogP contribution in [0, 0.1) is 0 Å². The van der Waals surface area contributed by atoms with Crippen molar-refractivity contribution in [1.82, 2.24) is 44.9 Å². The molecule has 0 bridgehead atoms. The van der Waals surface area contributed by atoms with Gasteiger partial charge in [0.1, 0.15) is 6.04 Å². The Morgan fingerprint density at radius 3 is 1.83 bits per heavy atom. The average Bonchev–Trinajstić information content (AvgIpc) is 3.70. The van der Waals surface area contributed by atoms with Crippen molar-refractivity contribution in [3.63, 3.8) is 0 Å². The largest absolute Gasteiger partial charge is 0.480 e. The first-order valence-electron chi connectivity index (χ1n) is 23.3. The van der Waals surface area contributed by atoms with Gasteiger partial charge in [-0.2, -0.15) is 0 Å². The number of aliphatic imine (C=N–C) groups is 1. The second-order valence-electron chi connectivity index (χ2n) is 17.7. The summed E-state index contributed by atoms with van der Waals surface area (Å²) in [6, 6.07) is 5.50. The van der Waals surface area contributed by atoms with E-state index in [9.17, 15) is 63.7 Å². The standard InChI is InChI=1S/C43H72BN13O13/c1-51(13-4-3-7-37(61)52(2)24-30-8-10-31(11-9-30)41(67)49-23-38(62)57-25-32(58)22-34(57)44(69)70)42(68)33(6-5-12-48-43(46)47)50-36(60)27-54-16-20-55(28-39(63)64)18-14-53(26-35(45)59)15-19-56(21-17-54)29-40(65)66/h8-11,32-34,58,69-70H,3-7,12-29H2,1-2H3,(H2,45,59)(H,49,67)(H,50,60)(H,63,64)(H,65,66)(H4,46,47,48)/t32?,33-,34?/m0/s1. The van der Waals surface area contributed by atoms with Crippen molar-refractivity contribution in [2.24, 2.45) is 22.2 Å². The number of aliphatic carboxylic acids is 2. The molecule has 3 rings (SSSR count). The van der Waals surface area contributed by atoms with E-state index in [-0.39, 0.29) is 134 Å². The fraction of sp³-hybridized carbons (Fsp3) is 0.651. The summed E-state index contributed by atoms with van der Waals surface area (Å²) < 4.78 is 0. The monoisotopic (exact) mass is 990 g/mol. The van der Waals surface area contributed by atoms with E-state index >= 15 is 0 Å². The first-order chi connectivity index (χ1) is 33.1. The number of unbranched alkanes of at least 4 members (excludes halogenated alkanes) is 1. The first-order valence-corrected chi connectivity index (χ1v) is 23.3. The molecule has 2 aliphatic rings. The lowest BCUT2D eigenvalue weighted by atomic mass is 9.77. The molecule has 0 aliphatic carbocycles. The van der Waals surface area contributed by atoms with Gasteiger partial charge in [-0.1, -0.05) is 12.1 Å². The van der Waals surface area contributed by atoms with Crippen LogP contribution in [-0.4, -0.2) is 257 Å². The zero-order valence-electron chi connectivity index (χ0n) is 40.2. The summed E-state index contributed by atoms with van der Waals surface area (Å²) >= 11 is 0. The summed E-state index contributed by atoms with van der Waals surface area (Å²) in [6.45, 7) is 1.47. The number of carboxylic acid groups (broad SMARTS) is 2. The Kier molecular flexibility index (Phi) is 24.9. The minimum Gasteiger partial charge on any atom is -0.480 e. The second-order valence-corrected chi connectivity index (χ2v) is 17.7. The first kappa shape index (κ1) is 58.3. The number of nitrogens with one attached hydrogen (secondary N) is 2. The number of hydrogen-bond acceptors (Lipinski definition) is 16. The van der Waals surface area contributed by atoms with E-state index in [1.165, 1.54) is 9.80 Å². The number of guanidine groups is 1. The number of carboxylic acids is 2. The van der Waals surface area contributed by atoms with E-state index in [1.54, 1.807) is 58.0 Å². The number of carbonyl (C=O) groups excluding carboxylic acids is 6. The Bertz CT molecular complexity index is 1910. The van der Waals surface area contributed by atoms with E-state index in [0.717, 1.165) is 10.5 Å². The van der Waals surface area contributed by atoms with Crippen LogP contribution in [0.3, 0.4) is 0 Å². The Labute approximate surface area is 407 Å². The molecule has 0 aromatic heterocycles. The molecule has 0 radical (unpaired) electrons. The summed E-state index contributed by atoms with van der Waals surface area (Å²) in [5, 5.41) is 53.4. The molecule has 2 fully saturated rings. The number of nitrogens with zero attached hydrogens (tertiary/aromatic N) is 8. The van der Waals surface area contributed by atoms with Gasteiger partial charge in [0.2, 0.25) is 29.5 Å². The van der Waals surface area contributed by atoms with Gasteiger partial charge >= 0.3 is 19.1 Å². The quantitative estimate of drug-likeness (QED) is 0.0189. The van der Waals surface area contributed by atoms with Crippen LogP contribution in [-0.2, 0) is 40.1 Å². The molecule has 13 N–H and O–H groups in total. The van der Waals surface area contributed by atoms with Gasteiger partial charge < -0.3 is 67.9 Å². The molecule has 2 unspecified atom stereocenters. The number of primary amides is 1.